The number of carbonyl (C=O) groups excluding carboxylic acids is 1. The van der Waals surface area contributed by atoms with E-state index in [1.54, 1.807) is 48.5 Å². The van der Waals surface area contributed by atoms with Crippen molar-refractivity contribution in [3.63, 3.8) is 0 Å². The molecule has 0 amide bonds. The Balaban J connectivity index is 1.70. The van der Waals surface area contributed by atoms with E-state index in [1.165, 1.54) is 23.2 Å². The Morgan fingerprint density at radius 1 is 0.900 bits per heavy atom. The minimum atomic E-state index is -0.562. The van der Waals surface area contributed by atoms with Gasteiger partial charge in [-0.2, -0.15) is 0 Å². The number of hydrogen-bond acceptors (Lipinski definition) is 4. The van der Waals surface area contributed by atoms with E-state index in [2.05, 4.69) is 4.98 Å². The van der Waals surface area contributed by atoms with E-state index in [0.717, 1.165) is 10.1 Å². The number of fused-ring (bicyclic) bond motifs is 1. The number of benzene rings is 2. The molecule has 0 atom stereocenters. The molecule has 4 rings (SSSR count). The van der Waals surface area contributed by atoms with Gasteiger partial charge >= 0.3 is 11.4 Å². The van der Waals surface area contributed by atoms with Crippen molar-refractivity contribution in [2.24, 2.45) is 14.1 Å². The van der Waals surface area contributed by atoms with Gasteiger partial charge in [-0.3, -0.25) is 28.3 Å². The van der Waals surface area contributed by atoms with Crippen molar-refractivity contribution in [3.8, 4) is 0 Å². The molecule has 0 spiro atoms. The first kappa shape index (κ1) is 19.7. The maximum absolute atomic E-state index is 12.6. The second-order valence-electron chi connectivity index (χ2n) is 6.95. The monoisotopic (exact) mass is 424 g/mol. The van der Waals surface area contributed by atoms with E-state index in [9.17, 15) is 19.2 Å². The van der Waals surface area contributed by atoms with E-state index in [-0.39, 0.29) is 23.5 Å². The normalized spacial score (nSPS) is 11.2. The zero-order valence-corrected chi connectivity index (χ0v) is 16.9. The topological polar surface area (TPSA) is 98.9 Å². The molecule has 0 radical (unpaired) electrons. The maximum Gasteiger partial charge on any atom is 0.332 e. The van der Waals surface area contributed by atoms with Crippen LogP contribution < -0.4 is 16.9 Å². The Kier molecular flexibility index (Phi) is 4.79. The molecule has 0 fully saturated rings. The fraction of sp³-hybridized carbons (Fsp3) is 0.143. The van der Waals surface area contributed by atoms with E-state index < -0.39 is 16.9 Å². The molecule has 0 aliphatic carbocycles. The summed E-state index contributed by atoms with van der Waals surface area (Å²) in [5, 5.41) is 0.551. The smallest absolute Gasteiger partial charge is 0.300 e. The number of nitrogens with one attached hydrogen (secondary N) is 1. The van der Waals surface area contributed by atoms with E-state index in [0.29, 0.717) is 16.1 Å². The molecule has 30 heavy (non-hydrogen) atoms. The van der Waals surface area contributed by atoms with Crippen molar-refractivity contribution in [1.82, 2.24) is 18.7 Å². The quantitative estimate of drug-likeness (QED) is 0.503. The maximum atomic E-state index is 12.6. The van der Waals surface area contributed by atoms with Crippen LogP contribution in [0.15, 0.2) is 62.9 Å². The predicted molar refractivity (Wildman–Crippen MR) is 113 cm³/mol. The standard InChI is InChI=1S/C21H17ClN4O4/c1-24-18-16(19(28)25(2)21(24)30)23-20(29)26(18)11-12-3-5-13(6-4-12)17(27)14-7-9-15(22)10-8-14/h3-10H,11H2,1-2H3,(H,23,29). The summed E-state index contributed by atoms with van der Waals surface area (Å²) in [6.45, 7) is 0.134. The molecule has 0 saturated heterocycles. The van der Waals surface area contributed by atoms with Gasteiger partial charge in [0.25, 0.3) is 5.56 Å². The first-order valence-corrected chi connectivity index (χ1v) is 9.43. The van der Waals surface area contributed by atoms with Crippen molar-refractivity contribution in [2.45, 2.75) is 6.54 Å². The molecule has 9 heteroatoms. The van der Waals surface area contributed by atoms with Crippen LogP contribution in [0.2, 0.25) is 5.02 Å². The number of aryl methyl sites for hydroxylation is 1. The van der Waals surface area contributed by atoms with Gasteiger partial charge in [-0.05, 0) is 29.8 Å². The number of ketones is 1. The molecule has 0 aliphatic rings. The molecule has 2 heterocycles. The summed E-state index contributed by atoms with van der Waals surface area (Å²) in [4.78, 5) is 52.1. The number of rotatable bonds is 4. The highest BCUT2D eigenvalue weighted by atomic mass is 35.5. The summed E-state index contributed by atoms with van der Waals surface area (Å²) in [5.41, 5.74) is 0.452. The zero-order chi connectivity index (χ0) is 21.6. The number of nitrogens with zero attached hydrogens (tertiary/aromatic N) is 3. The molecule has 2 aromatic heterocycles. The summed E-state index contributed by atoms with van der Waals surface area (Å²) in [6, 6.07) is 13.4. The lowest BCUT2D eigenvalue weighted by Crippen LogP contribution is -2.37. The van der Waals surface area contributed by atoms with Crippen molar-refractivity contribution in [3.05, 3.63) is 102 Å². The van der Waals surface area contributed by atoms with E-state index in [1.807, 2.05) is 0 Å². The van der Waals surface area contributed by atoms with Crippen LogP contribution in [0.4, 0.5) is 0 Å². The minimum absolute atomic E-state index is 0.0686. The lowest BCUT2D eigenvalue weighted by Gasteiger charge is -2.09. The largest absolute Gasteiger partial charge is 0.332 e. The number of carbonyl (C=O) groups is 1. The predicted octanol–water partition coefficient (Wildman–Crippen LogP) is 1.66. The highest BCUT2D eigenvalue weighted by molar-refractivity contribution is 6.30. The van der Waals surface area contributed by atoms with Crippen LogP contribution in [0.3, 0.4) is 0 Å². The number of imidazole rings is 1. The van der Waals surface area contributed by atoms with Crippen LogP contribution in [-0.4, -0.2) is 24.5 Å². The van der Waals surface area contributed by atoms with Crippen LogP contribution in [0.25, 0.3) is 11.2 Å². The average molecular weight is 425 g/mol. The summed E-state index contributed by atoms with van der Waals surface area (Å²) in [7, 11) is 2.86. The molecule has 0 bridgehead atoms. The summed E-state index contributed by atoms with van der Waals surface area (Å²) in [5.74, 6) is -0.145. The first-order chi connectivity index (χ1) is 14.3. The highest BCUT2D eigenvalue weighted by Gasteiger charge is 2.17. The molecule has 8 nitrogen and oxygen atoms in total. The van der Waals surface area contributed by atoms with Crippen LogP contribution >= 0.6 is 11.6 Å². The Morgan fingerprint density at radius 2 is 1.47 bits per heavy atom. The molecule has 0 unspecified atom stereocenters. The Bertz CT molecular complexity index is 1460. The van der Waals surface area contributed by atoms with Crippen molar-refractivity contribution >= 4 is 28.5 Å². The van der Waals surface area contributed by atoms with Gasteiger partial charge in [-0.25, -0.2) is 9.59 Å². The SMILES string of the molecule is Cn1c(=O)c2[nH]c(=O)n(Cc3ccc(C(=O)c4ccc(Cl)cc4)cc3)c2n(C)c1=O. The number of aromatic amines is 1. The van der Waals surface area contributed by atoms with Crippen LogP contribution in [0.1, 0.15) is 21.5 Å². The fourth-order valence-corrected chi connectivity index (χ4v) is 3.51. The lowest BCUT2D eigenvalue weighted by molar-refractivity contribution is 0.103. The van der Waals surface area contributed by atoms with Crippen molar-refractivity contribution in [1.29, 1.82) is 0 Å². The first-order valence-electron chi connectivity index (χ1n) is 9.05. The number of halogens is 1. The third-order valence-electron chi connectivity index (χ3n) is 5.03. The Morgan fingerprint density at radius 3 is 2.07 bits per heavy atom. The number of hydrogen-bond donors (Lipinski definition) is 1. The molecule has 1 N–H and O–H groups in total. The van der Waals surface area contributed by atoms with Crippen LogP contribution in [-0.2, 0) is 20.6 Å². The third kappa shape index (κ3) is 3.21. The van der Waals surface area contributed by atoms with E-state index in [4.69, 9.17) is 11.6 Å². The molecular weight excluding hydrogens is 408 g/mol. The molecule has 0 saturated carbocycles. The fourth-order valence-electron chi connectivity index (χ4n) is 3.39. The molecule has 4 aromatic rings. The van der Waals surface area contributed by atoms with Gasteiger partial charge in [0, 0.05) is 30.2 Å². The highest BCUT2D eigenvalue weighted by Crippen LogP contribution is 2.15. The van der Waals surface area contributed by atoms with Crippen LogP contribution in [0, 0.1) is 0 Å². The number of aromatic nitrogens is 4. The second kappa shape index (κ2) is 7.31. The minimum Gasteiger partial charge on any atom is -0.300 e. The Labute approximate surface area is 174 Å². The Hall–Kier alpha value is -3.65. The van der Waals surface area contributed by atoms with Gasteiger partial charge in [-0.15, -0.1) is 0 Å². The summed E-state index contributed by atoms with van der Waals surface area (Å²) < 4.78 is 3.53. The average Bonchev–Trinajstić information content (AvgIpc) is 3.07. The third-order valence-corrected chi connectivity index (χ3v) is 5.28. The zero-order valence-electron chi connectivity index (χ0n) is 16.2. The summed E-state index contributed by atoms with van der Waals surface area (Å²) in [6.07, 6.45) is 0. The lowest BCUT2D eigenvalue weighted by atomic mass is 10.0. The van der Waals surface area contributed by atoms with E-state index >= 15 is 0 Å². The molecule has 0 aliphatic heterocycles. The molecular formula is C21H17ClN4O4. The van der Waals surface area contributed by atoms with Crippen molar-refractivity contribution < 1.29 is 4.79 Å². The second-order valence-corrected chi connectivity index (χ2v) is 7.39. The summed E-state index contributed by atoms with van der Waals surface area (Å²) >= 11 is 5.86. The molecule has 152 valence electrons. The van der Waals surface area contributed by atoms with Gasteiger partial charge in [0.2, 0.25) is 0 Å². The van der Waals surface area contributed by atoms with Crippen molar-refractivity contribution in [2.75, 3.05) is 0 Å². The van der Waals surface area contributed by atoms with Gasteiger partial charge in [0.15, 0.2) is 16.9 Å². The van der Waals surface area contributed by atoms with Crippen LogP contribution in [0.5, 0.6) is 0 Å². The van der Waals surface area contributed by atoms with Gasteiger partial charge in [-0.1, -0.05) is 35.9 Å². The number of H-pyrrole nitrogens is 1. The van der Waals surface area contributed by atoms with Gasteiger partial charge < -0.3 is 0 Å². The van der Waals surface area contributed by atoms with Gasteiger partial charge in [0.05, 0.1) is 6.54 Å². The van der Waals surface area contributed by atoms with Gasteiger partial charge in [0.1, 0.15) is 0 Å². The molecule has 2 aromatic carbocycles.